The monoisotopic (exact) mass is 382 g/mol. The van der Waals surface area contributed by atoms with E-state index in [-0.39, 0.29) is 11.4 Å². The number of anilines is 1. The molecule has 1 saturated heterocycles. The number of thiocarbonyl (C=S) groups is 1. The highest BCUT2D eigenvalue weighted by Crippen LogP contribution is 2.14. The van der Waals surface area contributed by atoms with Gasteiger partial charge in [-0.1, -0.05) is 11.6 Å². The maximum Gasteiger partial charge on any atom is 0.234 e. The normalized spacial score (nSPS) is 16.2. The molecule has 25 heavy (non-hydrogen) atoms. The van der Waals surface area contributed by atoms with Gasteiger partial charge in [-0.3, -0.25) is 9.69 Å². The first-order valence-corrected chi connectivity index (χ1v) is 9.36. The van der Waals surface area contributed by atoms with Crippen LogP contribution in [0.2, 0.25) is 5.02 Å². The van der Waals surface area contributed by atoms with Gasteiger partial charge in [-0.25, -0.2) is 0 Å². The summed E-state index contributed by atoms with van der Waals surface area (Å²) in [6.07, 6.45) is 0.977. The zero-order valence-electron chi connectivity index (χ0n) is 15.1. The minimum atomic E-state index is -0.195. The minimum absolute atomic E-state index is 0.0721. The average molecular weight is 383 g/mol. The van der Waals surface area contributed by atoms with E-state index in [1.807, 2.05) is 45.0 Å². The standard InChI is InChI=1S/C18H27ClN4OS/c1-18(2,3)21-16(24)13-22-9-4-10-23(12-11-22)17(25)20-15-7-5-14(19)6-8-15/h5-8H,4,9-13H2,1-3H3,(H,20,25)(H,21,24). The molecule has 2 N–H and O–H groups in total. The van der Waals surface area contributed by atoms with Gasteiger partial charge in [0.05, 0.1) is 6.54 Å². The molecule has 0 unspecified atom stereocenters. The van der Waals surface area contributed by atoms with Crippen LogP contribution in [0.15, 0.2) is 24.3 Å². The Morgan fingerprint density at radius 1 is 1.16 bits per heavy atom. The van der Waals surface area contributed by atoms with Crippen LogP contribution in [0.25, 0.3) is 0 Å². The van der Waals surface area contributed by atoms with E-state index in [1.165, 1.54) is 0 Å². The number of rotatable bonds is 3. The van der Waals surface area contributed by atoms with Crippen LogP contribution in [0.1, 0.15) is 27.2 Å². The quantitative estimate of drug-likeness (QED) is 0.787. The summed E-state index contributed by atoms with van der Waals surface area (Å²) in [5.41, 5.74) is 0.735. The molecular weight excluding hydrogens is 356 g/mol. The number of benzene rings is 1. The molecule has 5 nitrogen and oxygen atoms in total. The molecule has 1 heterocycles. The summed E-state index contributed by atoms with van der Waals surface area (Å²) in [6.45, 7) is 9.83. The van der Waals surface area contributed by atoms with E-state index in [0.29, 0.717) is 16.7 Å². The molecule has 0 saturated carbocycles. The number of nitrogens with zero attached hydrogens (tertiary/aromatic N) is 2. The van der Waals surface area contributed by atoms with Crippen LogP contribution >= 0.6 is 23.8 Å². The lowest BCUT2D eigenvalue weighted by Crippen LogP contribution is -2.46. The lowest BCUT2D eigenvalue weighted by molar-refractivity contribution is -0.123. The lowest BCUT2D eigenvalue weighted by atomic mass is 10.1. The van der Waals surface area contributed by atoms with Crippen LogP contribution in [0, 0.1) is 0 Å². The van der Waals surface area contributed by atoms with E-state index in [9.17, 15) is 4.79 Å². The number of carbonyl (C=O) groups excluding carboxylic acids is 1. The number of amides is 1. The number of hydrogen-bond donors (Lipinski definition) is 2. The Morgan fingerprint density at radius 2 is 1.84 bits per heavy atom. The summed E-state index contributed by atoms with van der Waals surface area (Å²) in [5.74, 6) is 0.0721. The number of hydrogen-bond acceptors (Lipinski definition) is 3. The smallest absolute Gasteiger partial charge is 0.234 e. The molecule has 0 spiro atoms. The molecule has 0 bridgehead atoms. The van der Waals surface area contributed by atoms with Crippen LogP contribution in [-0.4, -0.2) is 59.1 Å². The van der Waals surface area contributed by atoms with Gasteiger partial charge in [0.25, 0.3) is 0 Å². The highest BCUT2D eigenvalue weighted by Gasteiger charge is 2.20. The highest BCUT2D eigenvalue weighted by atomic mass is 35.5. The first kappa shape index (κ1) is 19.9. The number of nitrogens with one attached hydrogen (secondary N) is 2. The second kappa shape index (κ2) is 8.83. The maximum absolute atomic E-state index is 12.1. The van der Waals surface area contributed by atoms with Crippen LogP contribution < -0.4 is 10.6 Å². The third-order valence-corrected chi connectivity index (χ3v) is 4.47. The van der Waals surface area contributed by atoms with E-state index < -0.39 is 0 Å². The second-order valence-corrected chi connectivity index (χ2v) is 8.18. The lowest BCUT2D eigenvalue weighted by Gasteiger charge is -2.26. The Balaban J connectivity index is 1.83. The first-order valence-electron chi connectivity index (χ1n) is 8.58. The molecule has 1 aromatic carbocycles. The molecule has 1 fully saturated rings. The molecule has 1 aromatic rings. The fraction of sp³-hybridized carbons (Fsp3) is 0.556. The molecule has 2 rings (SSSR count). The van der Waals surface area contributed by atoms with Crippen LogP contribution in [0.3, 0.4) is 0 Å². The van der Waals surface area contributed by atoms with Gasteiger partial charge >= 0.3 is 0 Å². The molecule has 1 amide bonds. The fourth-order valence-electron chi connectivity index (χ4n) is 2.73. The molecule has 1 aliphatic heterocycles. The Bertz CT molecular complexity index is 600. The van der Waals surface area contributed by atoms with Crippen LogP contribution in [-0.2, 0) is 4.79 Å². The Labute approximate surface area is 160 Å². The number of halogens is 1. The third kappa shape index (κ3) is 7.18. The van der Waals surface area contributed by atoms with Crippen molar-refractivity contribution in [2.75, 3.05) is 38.0 Å². The topological polar surface area (TPSA) is 47.6 Å². The molecule has 0 aliphatic carbocycles. The summed E-state index contributed by atoms with van der Waals surface area (Å²) in [4.78, 5) is 16.5. The van der Waals surface area contributed by atoms with Crippen molar-refractivity contribution in [2.24, 2.45) is 0 Å². The van der Waals surface area contributed by atoms with Crippen LogP contribution in [0.4, 0.5) is 5.69 Å². The Hall–Kier alpha value is -1.37. The largest absolute Gasteiger partial charge is 0.350 e. The van der Waals surface area contributed by atoms with E-state index in [2.05, 4.69) is 20.4 Å². The number of carbonyl (C=O) groups is 1. The van der Waals surface area contributed by atoms with Crippen LogP contribution in [0.5, 0.6) is 0 Å². The SMILES string of the molecule is CC(C)(C)NC(=O)CN1CCCN(C(=S)Nc2ccc(Cl)cc2)CC1. The van der Waals surface area contributed by atoms with Gasteiger partial charge < -0.3 is 15.5 Å². The average Bonchev–Trinajstić information content (AvgIpc) is 2.73. The van der Waals surface area contributed by atoms with E-state index in [1.54, 1.807) is 0 Å². The van der Waals surface area contributed by atoms with Crippen molar-refractivity contribution in [1.82, 2.24) is 15.1 Å². The van der Waals surface area contributed by atoms with Gasteiger partial charge in [0.15, 0.2) is 5.11 Å². The van der Waals surface area contributed by atoms with Gasteiger partial charge in [0.1, 0.15) is 0 Å². The zero-order chi connectivity index (χ0) is 18.4. The zero-order valence-corrected chi connectivity index (χ0v) is 16.7. The Kier molecular flexibility index (Phi) is 7.04. The second-order valence-electron chi connectivity index (χ2n) is 7.35. The molecular formula is C18H27ClN4OS. The summed E-state index contributed by atoms with van der Waals surface area (Å²) < 4.78 is 0. The first-order chi connectivity index (χ1) is 11.7. The summed E-state index contributed by atoms with van der Waals surface area (Å²) in [5, 5.41) is 7.68. The van der Waals surface area contributed by atoms with Crippen molar-refractivity contribution in [3.05, 3.63) is 29.3 Å². The predicted molar refractivity (Wildman–Crippen MR) is 108 cm³/mol. The van der Waals surface area contributed by atoms with Gasteiger partial charge in [0, 0.05) is 42.4 Å². The van der Waals surface area contributed by atoms with E-state index in [4.69, 9.17) is 23.8 Å². The van der Waals surface area contributed by atoms with Crippen molar-refractivity contribution < 1.29 is 4.79 Å². The van der Waals surface area contributed by atoms with Crippen molar-refractivity contribution in [3.63, 3.8) is 0 Å². The third-order valence-electron chi connectivity index (χ3n) is 3.85. The predicted octanol–water partition coefficient (Wildman–Crippen LogP) is 2.96. The molecule has 0 radical (unpaired) electrons. The van der Waals surface area contributed by atoms with Gasteiger partial charge in [-0.15, -0.1) is 0 Å². The summed E-state index contributed by atoms with van der Waals surface area (Å²) >= 11 is 11.4. The molecule has 1 aliphatic rings. The maximum atomic E-state index is 12.1. The summed E-state index contributed by atoms with van der Waals surface area (Å²) in [6, 6.07) is 7.50. The molecule has 7 heteroatoms. The fourth-order valence-corrected chi connectivity index (χ4v) is 3.16. The van der Waals surface area contributed by atoms with Gasteiger partial charge in [-0.05, 0) is 63.7 Å². The highest BCUT2D eigenvalue weighted by molar-refractivity contribution is 7.80. The summed E-state index contributed by atoms with van der Waals surface area (Å²) in [7, 11) is 0. The van der Waals surface area contributed by atoms with Crippen molar-refractivity contribution in [1.29, 1.82) is 0 Å². The van der Waals surface area contributed by atoms with Gasteiger partial charge in [-0.2, -0.15) is 0 Å². The van der Waals surface area contributed by atoms with Crippen molar-refractivity contribution in [2.45, 2.75) is 32.7 Å². The van der Waals surface area contributed by atoms with Gasteiger partial charge in [0.2, 0.25) is 5.91 Å². The van der Waals surface area contributed by atoms with Crippen molar-refractivity contribution in [3.8, 4) is 0 Å². The van der Waals surface area contributed by atoms with E-state index >= 15 is 0 Å². The molecule has 0 atom stereocenters. The van der Waals surface area contributed by atoms with E-state index in [0.717, 1.165) is 38.3 Å². The Morgan fingerprint density at radius 3 is 2.48 bits per heavy atom. The molecule has 138 valence electrons. The minimum Gasteiger partial charge on any atom is -0.350 e. The van der Waals surface area contributed by atoms with Crippen molar-refractivity contribution >= 4 is 40.5 Å². The molecule has 0 aromatic heterocycles.